The maximum absolute atomic E-state index is 14.1. The van der Waals surface area contributed by atoms with Crippen LogP contribution in [0.3, 0.4) is 0 Å². The number of halogens is 1. The minimum atomic E-state index is -1.29. The molecule has 1 aromatic heterocycles. The maximum Gasteiger partial charge on any atom is 0.338 e. The van der Waals surface area contributed by atoms with Crippen LogP contribution in [0.25, 0.3) is 17.5 Å². The Morgan fingerprint density at radius 1 is 1.00 bits per heavy atom. The lowest BCUT2D eigenvalue weighted by Crippen LogP contribution is -2.42. The molecule has 0 saturated heterocycles. The molecule has 0 radical (unpaired) electrons. The SMILES string of the molecule is COC(=O)C1=C(N)n2c(s/c(=C/c3cccc([N+](=O)[O-])c3)c2=O)=C(C(=O)Nc2ccc(Cl)cc2)C1c1cccc([N+](=O)[O-])c1. The first-order valence-corrected chi connectivity index (χ1v) is 13.8. The van der Waals surface area contributed by atoms with E-state index >= 15 is 0 Å². The molecule has 0 bridgehead atoms. The standard InChI is InChI=1S/C29H20ClN5O8S/c1-43-29(38)23-22(16-5-3-7-20(14-16)35(41)42)24(26(36)32-18-10-8-17(30)9-11-18)28-33(25(23)31)27(37)21(44-28)13-15-4-2-6-19(12-15)34(39)40/h2-14,22H,31H2,1H3,(H,32,36)/b21-13+. The molecule has 3 N–H and O–H groups in total. The van der Waals surface area contributed by atoms with Crippen LogP contribution in [0, 0.1) is 20.2 Å². The molecule has 0 spiro atoms. The van der Waals surface area contributed by atoms with Crippen molar-refractivity contribution in [1.82, 2.24) is 4.57 Å². The number of carbonyl (C=O) groups is 2. The minimum Gasteiger partial charge on any atom is -0.466 e. The first kappa shape index (κ1) is 29.9. The van der Waals surface area contributed by atoms with Crippen LogP contribution in [-0.2, 0) is 14.3 Å². The predicted molar refractivity (Wildman–Crippen MR) is 163 cm³/mol. The van der Waals surface area contributed by atoms with Crippen LogP contribution < -0.4 is 25.8 Å². The zero-order valence-corrected chi connectivity index (χ0v) is 24.1. The Hall–Kier alpha value is -5.60. The summed E-state index contributed by atoms with van der Waals surface area (Å²) < 4.78 is 6.07. The Kier molecular flexibility index (Phi) is 8.11. The van der Waals surface area contributed by atoms with E-state index in [0.29, 0.717) is 16.3 Å². The summed E-state index contributed by atoms with van der Waals surface area (Å²) in [5.41, 5.74) is 5.66. The van der Waals surface area contributed by atoms with Gasteiger partial charge in [-0.3, -0.25) is 34.4 Å². The Morgan fingerprint density at radius 2 is 1.64 bits per heavy atom. The van der Waals surface area contributed by atoms with Crippen molar-refractivity contribution < 1.29 is 24.2 Å². The molecular formula is C29H20ClN5O8S. The highest BCUT2D eigenvalue weighted by Crippen LogP contribution is 2.38. The Balaban J connectivity index is 1.85. The lowest BCUT2D eigenvalue weighted by Gasteiger charge is -2.27. The average Bonchev–Trinajstić information content (AvgIpc) is 3.33. The number of nitrogens with one attached hydrogen (secondary N) is 1. The molecule has 15 heteroatoms. The van der Waals surface area contributed by atoms with Crippen molar-refractivity contribution in [3.8, 4) is 0 Å². The fourth-order valence-electron chi connectivity index (χ4n) is 4.74. The van der Waals surface area contributed by atoms with E-state index in [-0.39, 0.29) is 43.1 Å². The molecule has 2 heterocycles. The summed E-state index contributed by atoms with van der Waals surface area (Å²) in [6, 6.07) is 17.1. The first-order chi connectivity index (χ1) is 21.0. The second-order valence-electron chi connectivity index (χ2n) is 9.36. The number of anilines is 1. The van der Waals surface area contributed by atoms with Gasteiger partial charge < -0.3 is 15.8 Å². The third kappa shape index (κ3) is 5.58. The number of rotatable bonds is 7. The summed E-state index contributed by atoms with van der Waals surface area (Å²) >= 11 is 6.85. The first-order valence-electron chi connectivity index (χ1n) is 12.6. The van der Waals surface area contributed by atoms with Crippen LogP contribution in [-0.4, -0.2) is 33.4 Å². The van der Waals surface area contributed by atoms with Gasteiger partial charge in [-0.25, -0.2) is 4.79 Å². The van der Waals surface area contributed by atoms with Crippen LogP contribution in [0.1, 0.15) is 17.0 Å². The second kappa shape index (κ2) is 11.9. The molecule has 13 nitrogen and oxygen atoms in total. The van der Waals surface area contributed by atoms with Gasteiger partial charge in [0.2, 0.25) is 0 Å². The molecule has 1 aliphatic rings. The predicted octanol–water partition coefficient (Wildman–Crippen LogP) is 3.10. The molecule has 5 rings (SSSR count). The molecule has 1 unspecified atom stereocenters. The van der Waals surface area contributed by atoms with Gasteiger partial charge in [0.25, 0.3) is 22.8 Å². The van der Waals surface area contributed by atoms with Crippen molar-refractivity contribution in [2.24, 2.45) is 5.73 Å². The van der Waals surface area contributed by atoms with Crippen LogP contribution in [0.5, 0.6) is 0 Å². The Bertz CT molecular complexity index is 2090. The number of nitro benzene ring substituents is 2. The molecule has 0 fully saturated rings. The summed E-state index contributed by atoms with van der Waals surface area (Å²) in [4.78, 5) is 62.7. The van der Waals surface area contributed by atoms with Crippen molar-refractivity contribution in [3.63, 3.8) is 0 Å². The van der Waals surface area contributed by atoms with E-state index in [4.69, 9.17) is 22.1 Å². The quantitative estimate of drug-likeness (QED) is 0.175. The number of hydrogen-bond donors (Lipinski definition) is 2. The van der Waals surface area contributed by atoms with Crippen molar-refractivity contribution in [1.29, 1.82) is 0 Å². The third-order valence-corrected chi connectivity index (χ3v) is 8.05. The lowest BCUT2D eigenvalue weighted by atomic mass is 9.82. The average molecular weight is 634 g/mol. The monoisotopic (exact) mass is 633 g/mol. The van der Waals surface area contributed by atoms with E-state index in [1.807, 2.05) is 0 Å². The highest BCUT2D eigenvalue weighted by molar-refractivity contribution is 7.07. The highest BCUT2D eigenvalue weighted by Gasteiger charge is 2.39. The molecule has 0 aliphatic carbocycles. The van der Waals surface area contributed by atoms with Gasteiger partial charge in [-0.15, -0.1) is 11.3 Å². The van der Waals surface area contributed by atoms with E-state index in [1.54, 1.807) is 30.3 Å². The van der Waals surface area contributed by atoms with Gasteiger partial charge in [0.1, 0.15) is 10.5 Å². The van der Waals surface area contributed by atoms with Gasteiger partial charge in [-0.2, -0.15) is 0 Å². The molecule has 1 amide bonds. The van der Waals surface area contributed by atoms with Gasteiger partial charge in [-0.05, 0) is 41.5 Å². The molecule has 222 valence electrons. The number of fused-ring (bicyclic) bond motifs is 1. The number of aromatic nitrogens is 1. The Morgan fingerprint density at radius 3 is 2.27 bits per heavy atom. The van der Waals surface area contributed by atoms with Crippen molar-refractivity contribution in [3.05, 3.63) is 134 Å². The Labute approximate surface area is 256 Å². The van der Waals surface area contributed by atoms with E-state index in [0.717, 1.165) is 23.0 Å². The second-order valence-corrected chi connectivity index (χ2v) is 10.8. The van der Waals surface area contributed by atoms with E-state index < -0.39 is 33.2 Å². The van der Waals surface area contributed by atoms with Crippen LogP contribution in [0.4, 0.5) is 17.1 Å². The lowest BCUT2D eigenvalue weighted by molar-refractivity contribution is -0.385. The third-order valence-electron chi connectivity index (χ3n) is 6.69. The van der Waals surface area contributed by atoms with Gasteiger partial charge in [0.15, 0.2) is 0 Å². The number of non-ortho nitro benzene ring substituents is 2. The van der Waals surface area contributed by atoms with Crippen molar-refractivity contribution >= 4 is 69.3 Å². The summed E-state index contributed by atoms with van der Waals surface area (Å²) in [6.45, 7) is 0. The zero-order chi connectivity index (χ0) is 31.7. The molecule has 44 heavy (non-hydrogen) atoms. The number of methoxy groups -OCH3 is 1. The number of amides is 1. The number of hydrogen-bond acceptors (Lipinski definition) is 10. The summed E-state index contributed by atoms with van der Waals surface area (Å²) in [7, 11) is 1.09. The highest BCUT2D eigenvalue weighted by atomic mass is 35.5. The molecule has 1 atom stereocenters. The van der Waals surface area contributed by atoms with Gasteiger partial charge in [-0.1, -0.05) is 35.9 Å². The number of nitrogens with zero attached hydrogens (tertiary/aromatic N) is 3. The maximum atomic E-state index is 14.1. The van der Waals surface area contributed by atoms with Gasteiger partial charge in [0, 0.05) is 35.0 Å². The van der Waals surface area contributed by atoms with Gasteiger partial charge in [0.05, 0.1) is 38.6 Å². The summed E-state index contributed by atoms with van der Waals surface area (Å²) in [5, 5.41) is 26.1. The van der Waals surface area contributed by atoms with Crippen molar-refractivity contribution in [2.45, 2.75) is 5.92 Å². The summed E-state index contributed by atoms with van der Waals surface area (Å²) in [5.74, 6) is -3.34. The zero-order valence-electron chi connectivity index (χ0n) is 22.6. The fourth-order valence-corrected chi connectivity index (χ4v) is 6.04. The van der Waals surface area contributed by atoms with E-state index in [1.165, 1.54) is 48.5 Å². The van der Waals surface area contributed by atoms with Crippen molar-refractivity contribution in [2.75, 3.05) is 12.4 Å². The topological polar surface area (TPSA) is 190 Å². The van der Waals surface area contributed by atoms with E-state index in [9.17, 15) is 34.6 Å². The molecule has 4 aromatic rings. The summed E-state index contributed by atoms with van der Waals surface area (Å²) in [6.07, 6.45) is 1.40. The van der Waals surface area contributed by atoms with Crippen LogP contribution in [0.2, 0.25) is 5.02 Å². The number of esters is 1. The number of thiazole rings is 1. The minimum absolute atomic E-state index is 0.0415. The normalized spacial score (nSPS) is 14.6. The smallest absolute Gasteiger partial charge is 0.338 e. The van der Waals surface area contributed by atoms with Gasteiger partial charge >= 0.3 is 5.97 Å². The van der Waals surface area contributed by atoms with Crippen LogP contribution >= 0.6 is 22.9 Å². The number of carbonyl (C=O) groups excluding carboxylic acids is 2. The molecule has 1 aliphatic heterocycles. The molecule has 0 saturated carbocycles. The fraction of sp³-hybridized carbons (Fsp3) is 0.0690. The largest absolute Gasteiger partial charge is 0.466 e. The number of ether oxygens (including phenoxy) is 1. The number of nitro groups is 2. The molecule has 3 aromatic carbocycles. The number of nitrogens with two attached hydrogens (primary N) is 1. The molecular weight excluding hydrogens is 614 g/mol. The van der Waals surface area contributed by atoms with E-state index in [2.05, 4.69) is 5.32 Å². The number of benzene rings is 3. The van der Waals surface area contributed by atoms with Crippen LogP contribution in [0.15, 0.2) is 83.2 Å².